The summed E-state index contributed by atoms with van der Waals surface area (Å²) in [6, 6.07) is 11.8. The standard InChI is InChI=1S/C30H41FN6O8S/c1-33-17-6-5-9-24(36-27(39)19-35-30(42)45-20-22-7-3-2-4-8-22)29(41)37-25(14-15-26(32)38)28(40)34-18-16-21-10-12-23(13-11-21)46(31,43)44/h2-4,7-8,10-13,24-25,33H,5-6,9,14-20H2,1H3,(H2,32,38)(H,34,40)(H,35,42)(H,36,39)(H,37,41)/t24-,25-/m0/s1. The molecule has 16 heteroatoms. The van der Waals surface area contributed by atoms with Crippen LogP contribution in [-0.4, -0.2) is 76.9 Å². The molecule has 0 saturated heterocycles. The molecule has 7 N–H and O–H groups in total. The summed E-state index contributed by atoms with van der Waals surface area (Å²) in [6.07, 6.45) is 0.611. The third-order valence-electron chi connectivity index (χ3n) is 6.66. The van der Waals surface area contributed by atoms with Crippen LogP contribution in [0.2, 0.25) is 0 Å². The van der Waals surface area contributed by atoms with Crippen molar-refractivity contribution in [1.29, 1.82) is 0 Å². The zero-order chi connectivity index (χ0) is 34.0. The number of unbranched alkanes of at least 4 members (excludes halogenated alkanes) is 1. The minimum absolute atomic E-state index is 0.00922. The van der Waals surface area contributed by atoms with E-state index in [2.05, 4.69) is 26.6 Å². The van der Waals surface area contributed by atoms with Gasteiger partial charge in [-0.05, 0) is 69.0 Å². The minimum Gasteiger partial charge on any atom is -0.445 e. The number of rotatable bonds is 20. The number of carbonyl (C=O) groups is 5. The van der Waals surface area contributed by atoms with Crippen molar-refractivity contribution in [2.75, 3.05) is 26.7 Å². The SMILES string of the molecule is CNCCCC[C@H](NC(=O)CNC(=O)OCc1ccccc1)C(=O)N[C@@H](CCC(N)=O)C(=O)NCCc1ccc(S(=O)(=O)F)cc1. The van der Waals surface area contributed by atoms with E-state index < -0.39 is 63.5 Å². The maximum absolute atomic E-state index is 13.3. The Labute approximate surface area is 267 Å². The molecule has 0 fully saturated rings. The molecule has 0 aliphatic rings. The van der Waals surface area contributed by atoms with E-state index in [0.29, 0.717) is 24.9 Å². The van der Waals surface area contributed by atoms with Gasteiger partial charge in [0.2, 0.25) is 23.6 Å². The van der Waals surface area contributed by atoms with Gasteiger partial charge >= 0.3 is 16.3 Å². The first-order valence-electron chi connectivity index (χ1n) is 14.7. The average molecular weight is 665 g/mol. The van der Waals surface area contributed by atoms with Crippen molar-refractivity contribution in [1.82, 2.24) is 26.6 Å². The van der Waals surface area contributed by atoms with E-state index in [1.807, 2.05) is 6.07 Å². The summed E-state index contributed by atoms with van der Waals surface area (Å²) in [7, 11) is -3.06. The molecule has 0 saturated carbocycles. The Morgan fingerprint density at radius 2 is 1.50 bits per heavy atom. The van der Waals surface area contributed by atoms with Crippen molar-refractivity contribution in [3.63, 3.8) is 0 Å². The molecule has 2 aromatic rings. The van der Waals surface area contributed by atoms with Crippen molar-refractivity contribution in [3.05, 3.63) is 65.7 Å². The number of carbonyl (C=O) groups excluding carboxylic acids is 5. The van der Waals surface area contributed by atoms with Crippen LogP contribution in [0.25, 0.3) is 0 Å². The second-order valence-corrected chi connectivity index (χ2v) is 11.7. The second kappa shape index (κ2) is 19.7. The molecule has 46 heavy (non-hydrogen) atoms. The van der Waals surface area contributed by atoms with Gasteiger partial charge in [0.25, 0.3) is 0 Å². The zero-order valence-corrected chi connectivity index (χ0v) is 26.4. The van der Waals surface area contributed by atoms with Gasteiger partial charge in [0, 0.05) is 13.0 Å². The molecule has 5 amide bonds. The van der Waals surface area contributed by atoms with Crippen molar-refractivity contribution in [2.24, 2.45) is 5.73 Å². The van der Waals surface area contributed by atoms with Crippen LogP contribution in [0.1, 0.15) is 43.2 Å². The molecule has 252 valence electrons. The molecule has 0 aliphatic heterocycles. The van der Waals surface area contributed by atoms with Crippen LogP contribution >= 0.6 is 0 Å². The average Bonchev–Trinajstić information content (AvgIpc) is 3.02. The summed E-state index contributed by atoms with van der Waals surface area (Å²) in [5.41, 5.74) is 6.64. The number of hydrogen-bond donors (Lipinski definition) is 6. The normalized spacial score (nSPS) is 12.3. The van der Waals surface area contributed by atoms with E-state index in [9.17, 15) is 36.3 Å². The monoisotopic (exact) mass is 664 g/mol. The van der Waals surface area contributed by atoms with Gasteiger partial charge < -0.3 is 37.1 Å². The number of benzene rings is 2. The Bertz CT molecular complexity index is 1410. The third kappa shape index (κ3) is 14.9. The summed E-state index contributed by atoms with van der Waals surface area (Å²) in [5, 5.41) is 13.1. The van der Waals surface area contributed by atoms with Crippen molar-refractivity contribution in [2.45, 2.75) is 62.1 Å². The molecule has 14 nitrogen and oxygen atoms in total. The number of nitrogens with two attached hydrogens (primary N) is 1. The van der Waals surface area contributed by atoms with Crippen molar-refractivity contribution in [3.8, 4) is 0 Å². The lowest BCUT2D eigenvalue weighted by molar-refractivity contribution is -0.132. The lowest BCUT2D eigenvalue weighted by Gasteiger charge is -2.23. The van der Waals surface area contributed by atoms with Gasteiger partial charge in [0.05, 0.1) is 4.90 Å². The third-order valence-corrected chi connectivity index (χ3v) is 7.49. The first-order valence-corrected chi connectivity index (χ1v) is 16.1. The molecular formula is C30H41FN6O8S. The topological polar surface area (TPSA) is 215 Å². The first kappa shape index (κ1) is 37.6. The summed E-state index contributed by atoms with van der Waals surface area (Å²) in [6.45, 7) is 0.305. The van der Waals surface area contributed by atoms with Crippen LogP contribution in [0.3, 0.4) is 0 Å². The number of amides is 5. The van der Waals surface area contributed by atoms with Gasteiger partial charge in [-0.1, -0.05) is 42.5 Å². The summed E-state index contributed by atoms with van der Waals surface area (Å²) in [4.78, 5) is 61.9. The molecule has 2 aromatic carbocycles. The number of hydrogen-bond acceptors (Lipinski definition) is 9. The minimum atomic E-state index is -4.83. The Morgan fingerprint density at radius 1 is 0.826 bits per heavy atom. The Hall–Kier alpha value is -4.57. The van der Waals surface area contributed by atoms with Crippen LogP contribution < -0.4 is 32.3 Å². The Balaban J connectivity index is 1.97. The summed E-state index contributed by atoms with van der Waals surface area (Å²) >= 11 is 0. The summed E-state index contributed by atoms with van der Waals surface area (Å²) < 4.78 is 40.2. The Kier molecular flexibility index (Phi) is 16.1. The molecule has 0 spiro atoms. The number of primary amides is 1. The first-order chi connectivity index (χ1) is 21.9. The van der Waals surface area contributed by atoms with Gasteiger partial charge in [0.15, 0.2) is 0 Å². The highest BCUT2D eigenvalue weighted by atomic mass is 32.3. The van der Waals surface area contributed by atoms with E-state index in [1.54, 1.807) is 31.3 Å². The molecule has 0 radical (unpaired) electrons. The molecule has 2 atom stereocenters. The van der Waals surface area contributed by atoms with Crippen molar-refractivity contribution < 1.29 is 41.0 Å². The van der Waals surface area contributed by atoms with Crippen LogP contribution in [-0.2, 0) is 47.2 Å². The maximum Gasteiger partial charge on any atom is 0.407 e. The smallest absolute Gasteiger partial charge is 0.407 e. The molecule has 0 aliphatic carbocycles. The van der Waals surface area contributed by atoms with E-state index >= 15 is 0 Å². The van der Waals surface area contributed by atoms with E-state index in [0.717, 1.165) is 17.7 Å². The summed E-state index contributed by atoms with van der Waals surface area (Å²) in [5.74, 6) is -2.62. The lowest BCUT2D eigenvalue weighted by atomic mass is 10.1. The molecule has 0 unspecified atom stereocenters. The fourth-order valence-electron chi connectivity index (χ4n) is 4.19. The number of alkyl carbamates (subject to hydrolysis) is 1. The van der Waals surface area contributed by atoms with E-state index in [1.165, 1.54) is 12.1 Å². The number of ether oxygens (including phenoxy) is 1. The fourth-order valence-corrected chi connectivity index (χ4v) is 4.65. The van der Waals surface area contributed by atoms with Gasteiger partial charge in [0.1, 0.15) is 25.2 Å². The van der Waals surface area contributed by atoms with E-state index in [-0.39, 0.29) is 38.8 Å². The van der Waals surface area contributed by atoms with Crippen LogP contribution in [0, 0.1) is 0 Å². The van der Waals surface area contributed by atoms with Gasteiger partial charge in [-0.25, -0.2) is 4.79 Å². The molecule has 0 aromatic heterocycles. The molecule has 0 bridgehead atoms. The number of halogens is 1. The fraction of sp³-hybridized carbons (Fsp3) is 0.433. The predicted octanol–water partition coefficient (Wildman–Crippen LogP) is 0.555. The number of nitrogens with one attached hydrogen (secondary N) is 5. The van der Waals surface area contributed by atoms with Crippen LogP contribution in [0.4, 0.5) is 8.68 Å². The highest BCUT2D eigenvalue weighted by Gasteiger charge is 2.27. The van der Waals surface area contributed by atoms with Crippen molar-refractivity contribution >= 4 is 39.9 Å². The molecular weight excluding hydrogens is 623 g/mol. The quantitative estimate of drug-likeness (QED) is 0.0860. The second-order valence-electron chi connectivity index (χ2n) is 10.3. The molecule has 2 rings (SSSR count). The van der Waals surface area contributed by atoms with E-state index in [4.69, 9.17) is 10.5 Å². The zero-order valence-electron chi connectivity index (χ0n) is 25.6. The molecule has 0 heterocycles. The van der Waals surface area contributed by atoms with Crippen LogP contribution in [0.15, 0.2) is 59.5 Å². The highest BCUT2D eigenvalue weighted by molar-refractivity contribution is 7.86. The van der Waals surface area contributed by atoms with Gasteiger partial charge in [-0.3, -0.25) is 19.2 Å². The lowest BCUT2D eigenvalue weighted by Crippen LogP contribution is -2.55. The van der Waals surface area contributed by atoms with Gasteiger partial charge in [-0.15, -0.1) is 3.89 Å². The van der Waals surface area contributed by atoms with Gasteiger partial charge in [-0.2, -0.15) is 8.42 Å². The largest absolute Gasteiger partial charge is 0.445 e. The van der Waals surface area contributed by atoms with Crippen LogP contribution in [0.5, 0.6) is 0 Å². The highest BCUT2D eigenvalue weighted by Crippen LogP contribution is 2.13. The Morgan fingerprint density at radius 3 is 2.13 bits per heavy atom. The maximum atomic E-state index is 13.3. The predicted molar refractivity (Wildman–Crippen MR) is 166 cm³/mol.